The quantitative estimate of drug-likeness (QED) is 0.0465. The van der Waals surface area contributed by atoms with Crippen LogP contribution in [0.2, 0.25) is 29.2 Å². The van der Waals surface area contributed by atoms with Crippen molar-refractivity contribution in [3.8, 4) is 44.5 Å². The highest BCUT2D eigenvalue weighted by molar-refractivity contribution is 6.79. The number of Topliss-reactive ketones (excluding diaryl/α,β-unsaturated/α-hetero) is 1. The average molecular weight is 1450 g/mol. The van der Waals surface area contributed by atoms with E-state index in [-0.39, 0.29) is 75.6 Å². The third kappa shape index (κ3) is 12.6. The van der Waals surface area contributed by atoms with Crippen LogP contribution >= 0.6 is 23.2 Å². The number of ketones is 1. The fraction of sp³-hybridized carbons (Fsp3) is 0.240. The molecule has 23 nitrogen and oxygen atoms in total. The average Bonchev–Trinajstić information content (AvgIpc) is 1.66. The third-order valence-electron chi connectivity index (χ3n) is 20.1. The number of hydrogen-bond donors (Lipinski definition) is 6. The van der Waals surface area contributed by atoms with Gasteiger partial charge in [-0.1, -0.05) is 109 Å². The number of rotatable bonds is 13. The maximum absolute atomic E-state index is 16.0. The number of anilines is 5. The molecule has 10 aromatic rings. The zero-order valence-electron chi connectivity index (χ0n) is 56.0. The first-order chi connectivity index (χ1) is 49.6. The Morgan fingerprint density at radius 3 is 2.08 bits per heavy atom. The van der Waals surface area contributed by atoms with E-state index in [1.165, 1.54) is 28.6 Å². The molecule has 524 valence electrons. The molecule has 0 bridgehead atoms. The summed E-state index contributed by atoms with van der Waals surface area (Å²) in [5.41, 5.74) is 16.0. The van der Waals surface area contributed by atoms with Gasteiger partial charge in [-0.25, -0.2) is 28.4 Å². The number of nitrogens with two attached hydrogens (primary N) is 1. The van der Waals surface area contributed by atoms with Crippen molar-refractivity contribution in [2.45, 2.75) is 64.1 Å². The number of primary amides is 1. The molecule has 6 aliphatic rings. The maximum Gasteiger partial charge on any atom is 0.339 e. The van der Waals surface area contributed by atoms with Crippen molar-refractivity contribution in [2.24, 2.45) is 5.73 Å². The van der Waals surface area contributed by atoms with Gasteiger partial charge in [0.25, 0.3) is 5.91 Å². The summed E-state index contributed by atoms with van der Waals surface area (Å²) < 4.78 is 40.6. The molecule has 0 unspecified atom stereocenters. The van der Waals surface area contributed by atoms with Crippen LogP contribution < -0.4 is 36.8 Å². The van der Waals surface area contributed by atoms with Crippen molar-refractivity contribution in [1.82, 2.24) is 39.6 Å². The predicted octanol–water partition coefficient (Wildman–Crippen LogP) is 11.9. The Morgan fingerprint density at radius 2 is 1.38 bits per heavy atom. The first-order valence-electron chi connectivity index (χ1n) is 33.6. The van der Waals surface area contributed by atoms with E-state index >= 15 is 8.78 Å². The van der Waals surface area contributed by atoms with Gasteiger partial charge in [-0.3, -0.25) is 43.3 Å². The number of nitrogens with zero attached hydrogens (tertiary/aromatic N) is 8. The van der Waals surface area contributed by atoms with Crippen LogP contribution in [0.4, 0.5) is 46.8 Å². The van der Waals surface area contributed by atoms with Gasteiger partial charge in [0.1, 0.15) is 18.6 Å². The molecule has 28 heteroatoms. The maximum atomic E-state index is 16.0. The number of ether oxygens (including phenoxy) is 1. The summed E-state index contributed by atoms with van der Waals surface area (Å²) in [4.78, 5) is 111. The number of halogens is 4. The summed E-state index contributed by atoms with van der Waals surface area (Å²) in [7, 11) is -2.00. The summed E-state index contributed by atoms with van der Waals surface area (Å²) in [6, 6.07) is 33.1. The Bertz CT molecular complexity index is 5210. The van der Waals surface area contributed by atoms with E-state index in [1.54, 1.807) is 87.7 Å². The number of amides is 8. The lowest BCUT2D eigenvalue weighted by Crippen LogP contribution is -2.60. The van der Waals surface area contributed by atoms with Gasteiger partial charge in [0.05, 0.1) is 72.2 Å². The molecule has 0 radical (unpaired) electrons. The summed E-state index contributed by atoms with van der Waals surface area (Å²) in [6.07, 6.45) is 7.71. The predicted molar refractivity (Wildman–Crippen MR) is 392 cm³/mol. The number of hydrogen-bond acceptors (Lipinski definition) is 12. The van der Waals surface area contributed by atoms with E-state index in [2.05, 4.69) is 61.6 Å². The van der Waals surface area contributed by atoms with Crippen LogP contribution in [0.1, 0.15) is 45.2 Å². The van der Waals surface area contributed by atoms with Gasteiger partial charge >= 0.3 is 12.1 Å². The van der Waals surface area contributed by atoms with Crippen LogP contribution in [0.3, 0.4) is 0 Å². The zero-order chi connectivity index (χ0) is 71.9. The van der Waals surface area contributed by atoms with E-state index in [1.807, 2.05) is 53.5 Å². The monoisotopic (exact) mass is 1440 g/mol. The highest BCUT2D eigenvalue weighted by Gasteiger charge is 2.47. The Balaban J connectivity index is 0.000000168. The number of carbonyl (C=O) groups is 8. The fourth-order valence-corrected chi connectivity index (χ4v) is 18.5. The Morgan fingerprint density at radius 1 is 0.709 bits per heavy atom. The minimum absolute atomic E-state index is 0.0297. The van der Waals surface area contributed by atoms with Crippen LogP contribution in [0.25, 0.3) is 66.3 Å². The first kappa shape index (κ1) is 67.8. The lowest BCUT2D eigenvalue weighted by atomic mass is 9.99. The molecule has 0 aliphatic carbocycles. The molecule has 3 aromatic heterocycles. The minimum atomic E-state index is -2.00. The molecule has 7 aromatic carbocycles. The lowest BCUT2D eigenvalue weighted by molar-refractivity contribution is -0.136. The van der Waals surface area contributed by atoms with E-state index in [0.29, 0.717) is 102 Å². The molecule has 6 aliphatic heterocycles. The van der Waals surface area contributed by atoms with Crippen LogP contribution in [-0.2, 0) is 43.4 Å². The summed E-state index contributed by atoms with van der Waals surface area (Å²) in [5, 5.41) is 22.8. The molecule has 0 saturated carbocycles. The van der Waals surface area contributed by atoms with Crippen molar-refractivity contribution >= 4 is 129 Å². The topological polar surface area (TPSA) is 275 Å². The number of morpholine rings is 1. The smallest absolute Gasteiger partial charge is 0.339 e. The van der Waals surface area contributed by atoms with Crippen LogP contribution in [0.15, 0.2) is 146 Å². The molecule has 16 rings (SSSR count). The van der Waals surface area contributed by atoms with Gasteiger partial charge in [-0.05, 0) is 90.2 Å². The molecule has 103 heavy (non-hydrogen) atoms. The fourth-order valence-electron chi connectivity index (χ4n) is 14.9. The third-order valence-corrected chi connectivity index (χ3v) is 23.6. The Labute approximate surface area is 599 Å². The zero-order valence-corrected chi connectivity index (χ0v) is 58.6. The highest BCUT2D eigenvalue weighted by Crippen LogP contribution is 2.43. The number of aromatic nitrogens is 4. The molecule has 4 fully saturated rings. The number of urea groups is 1. The number of H-pyrrole nitrogens is 1. The number of hydrazine groups is 1. The van der Waals surface area contributed by atoms with E-state index < -0.39 is 55.7 Å². The number of carbonyl (C=O) groups excluding carboxylic acids is 8. The Kier molecular flexibility index (Phi) is 17.8. The number of aromatic amines is 1. The van der Waals surface area contributed by atoms with Gasteiger partial charge in [-0.15, -0.1) is 0 Å². The summed E-state index contributed by atoms with van der Waals surface area (Å²) >= 11 is 13.2. The standard InChI is InChI=1S/C40H36ClFN8O5.C35H32ClFN6O4Si/c41-35-27(10-7-25-21-34(51)45-37(25)35)28-2-1-3-30(36(28)42)44-38(52)31-12-13-47-14-15-48(40(54)50(31)47)33-22-49(39(43)53)32-20-24(6-11-29(32)33)23-4-8-26(9-5-23)46-16-18-55-19-17-46;1-19(44)27-15-42(29-10-7-20(11-25(27)29)21-12-39-40-13-21)16-31(45)43-18-48(2,3)17-30(43)35(47)41-28-6-4-5-23(33(28)37)22-8-9-24-26(32(22)36)14-38-34(24)46/h1-11,20,22,31H,12-19,21H2,(H2,43,53)(H,44,52)(H,45,51);4-13,15,30H,14,16-18H2,1-3H3,(H,38,46)(H,39,40)(H,41,47)/t31-;30-/m00/s1. The van der Waals surface area contributed by atoms with Crippen molar-refractivity contribution in [2.75, 3.05) is 77.9 Å². The van der Waals surface area contributed by atoms with E-state index in [9.17, 15) is 38.4 Å². The molecule has 9 heterocycles. The Hall–Kier alpha value is -11.0. The highest BCUT2D eigenvalue weighted by atomic mass is 35.5. The molecule has 0 spiro atoms. The van der Waals surface area contributed by atoms with Gasteiger partial charge in [0, 0.05) is 131 Å². The SMILES string of the molecule is CC(=O)c1cn(CC(=O)N2C[Si](C)(C)C[C@H]2C(=O)Nc2cccc(-c3ccc4c(c3Cl)CNC4=O)c2F)c2ccc(-c3cn[nH]c3)cc12.NC(=O)n1cc(N2CCN3CC[C@@H](C(=O)Nc4cccc(-c5ccc6c(c5Cl)NC(=O)C6)c4F)N3C2=O)c2ccc(-c3ccc(N4CCOCC4)cc3)cc21. The van der Waals surface area contributed by atoms with Gasteiger partial charge in [-0.2, -0.15) is 5.10 Å². The molecule has 7 N–H and O–H groups in total. The van der Waals surface area contributed by atoms with E-state index in [4.69, 9.17) is 33.7 Å². The van der Waals surface area contributed by atoms with E-state index in [0.717, 1.165) is 57.5 Å². The van der Waals surface area contributed by atoms with Crippen LogP contribution in [0.5, 0.6) is 0 Å². The van der Waals surface area contributed by atoms with Gasteiger partial charge in [0.15, 0.2) is 17.4 Å². The van der Waals surface area contributed by atoms with Crippen LogP contribution in [-0.4, -0.2) is 154 Å². The number of nitrogens with one attached hydrogen (secondary N) is 5. The largest absolute Gasteiger partial charge is 0.378 e. The normalized spacial score (nSPS) is 17.6. The molecular formula is C75H68Cl2F2N14O9Si. The van der Waals surface area contributed by atoms with Crippen molar-refractivity contribution in [1.29, 1.82) is 0 Å². The van der Waals surface area contributed by atoms with Crippen molar-refractivity contribution < 1.29 is 51.9 Å². The van der Waals surface area contributed by atoms with Crippen LogP contribution in [0, 0.1) is 11.6 Å². The van der Waals surface area contributed by atoms with Crippen molar-refractivity contribution in [3.05, 3.63) is 190 Å². The first-order valence-corrected chi connectivity index (χ1v) is 37.8. The second-order valence-electron chi connectivity index (χ2n) is 27.1. The lowest BCUT2D eigenvalue weighted by Gasteiger charge is -2.41. The van der Waals surface area contributed by atoms with Gasteiger partial charge in [0.2, 0.25) is 23.6 Å². The number of fused-ring (bicyclic) bond motifs is 5. The second-order valence-corrected chi connectivity index (χ2v) is 32.9. The summed E-state index contributed by atoms with van der Waals surface area (Å²) in [6.45, 7) is 10.2. The van der Waals surface area contributed by atoms with Gasteiger partial charge < -0.3 is 46.1 Å². The molecule has 4 saturated heterocycles. The number of benzene rings is 7. The molecular weight excluding hydrogens is 1380 g/mol. The summed E-state index contributed by atoms with van der Waals surface area (Å²) in [5.74, 6) is -3.20. The molecule has 2 atom stereocenters. The minimum Gasteiger partial charge on any atom is -0.378 e. The molecule has 8 amide bonds. The second kappa shape index (κ2) is 27.1. The van der Waals surface area contributed by atoms with Crippen molar-refractivity contribution in [3.63, 3.8) is 0 Å².